The second kappa shape index (κ2) is 11.4. The van der Waals surface area contributed by atoms with E-state index >= 15 is 0 Å². The second-order valence-electron chi connectivity index (χ2n) is 14.7. The molecule has 3 unspecified atom stereocenters. The Morgan fingerprint density at radius 1 is 0.673 bits per heavy atom. The zero-order chi connectivity index (χ0) is 33.3. The summed E-state index contributed by atoms with van der Waals surface area (Å²) < 4.78 is 2.53. The van der Waals surface area contributed by atoms with Gasteiger partial charge in [-0.25, -0.2) is 0 Å². The molecule has 0 fully saturated rings. The smallest absolute Gasteiger partial charge is 0.0537 e. The van der Waals surface area contributed by atoms with Gasteiger partial charge in [0.25, 0.3) is 0 Å². The Morgan fingerprint density at radius 2 is 1.35 bits per heavy atom. The van der Waals surface area contributed by atoms with Crippen LogP contribution in [0.3, 0.4) is 0 Å². The van der Waals surface area contributed by atoms with Crippen LogP contribution in [-0.2, 0) is 5.41 Å². The number of anilines is 3. The quantitative estimate of drug-likeness (QED) is 0.183. The molecule has 0 spiro atoms. The molecule has 240 valence electrons. The summed E-state index contributed by atoms with van der Waals surface area (Å²) in [7, 11) is 0. The average Bonchev–Trinajstić information content (AvgIpc) is 3.59. The van der Waals surface area contributed by atoms with Crippen LogP contribution < -0.4 is 4.90 Å². The summed E-state index contributed by atoms with van der Waals surface area (Å²) in [6.45, 7) is 9.46. The second-order valence-corrected chi connectivity index (χ2v) is 14.7. The monoisotopic (exact) mass is 634 g/mol. The van der Waals surface area contributed by atoms with Crippen LogP contribution in [0.25, 0.3) is 33.8 Å². The number of nitrogens with zero attached hydrogens (tertiary/aromatic N) is 2. The number of aromatic nitrogens is 1. The molecule has 0 radical (unpaired) electrons. The number of hydrogen-bond donors (Lipinski definition) is 0. The lowest BCUT2D eigenvalue weighted by atomic mass is 9.82. The SMILES string of the molecule is CC1CC=Cc2c1n(-c1ccc3c(c1)C(C)(C)c1cc(N(c4ccccc4)c4ccc(C5C=CC=CC5C)cc4)ccc1-3)c1ccccc21. The van der Waals surface area contributed by atoms with Crippen LogP contribution in [0.1, 0.15) is 73.9 Å². The molecule has 9 rings (SSSR count). The van der Waals surface area contributed by atoms with Gasteiger partial charge < -0.3 is 9.47 Å². The molecule has 0 aliphatic heterocycles. The molecule has 0 saturated carbocycles. The predicted molar refractivity (Wildman–Crippen MR) is 208 cm³/mol. The zero-order valence-electron chi connectivity index (χ0n) is 28.8. The van der Waals surface area contributed by atoms with Gasteiger partial charge >= 0.3 is 0 Å². The minimum absolute atomic E-state index is 0.158. The van der Waals surface area contributed by atoms with Gasteiger partial charge in [0.2, 0.25) is 0 Å². The fourth-order valence-electron chi connectivity index (χ4n) is 8.72. The van der Waals surface area contributed by atoms with E-state index in [9.17, 15) is 0 Å². The van der Waals surface area contributed by atoms with Crippen molar-refractivity contribution in [2.45, 2.75) is 51.4 Å². The molecule has 1 aromatic heterocycles. The summed E-state index contributed by atoms with van der Waals surface area (Å²) in [5.41, 5.74) is 15.5. The average molecular weight is 635 g/mol. The van der Waals surface area contributed by atoms with Crippen molar-refractivity contribution in [3.63, 3.8) is 0 Å². The highest BCUT2D eigenvalue weighted by Crippen LogP contribution is 2.52. The van der Waals surface area contributed by atoms with Crippen molar-refractivity contribution >= 4 is 34.0 Å². The van der Waals surface area contributed by atoms with E-state index in [4.69, 9.17) is 0 Å². The molecule has 2 heteroatoms. The van der Waals surface area contributed by atoms with E-state index < -0.39 is 0 Å². The Kier molecular flexibility index (Phi) is 6.91. The highest BCUT2D eigenvalue weighted by Gasteiger charge is 2.37. The predicted octanol–water partition coefficient (Wildman–Crippen LogP) is 12.8. The van der Waals surface area contributed by atoms with Crippen molar-refractivity contribution in [3.05, 3.63) is 174 Å². The van der Waals surface area contributed by atoms with Crippen molar-refractivity contribution in [3.8, 4) is 16.8 Å². The summed E-state index contributed by atoms with van der Waals surface area (Å²) in [4.78, 5) is 2.40. The van der Waals surface area contributed by atoms with Gasteiger partial charge in [-0.1, -0.05) is 125 Å². The molecule has 49 heavy (non-hydrogen) atoms. The Bertz CT molecular complexity index is 2310. The molecule has 1 heterocycles. The maximum atomic E-state index is 2.53. The molecule has 5 aromatic carbocycles. The Morgan fingerprint density at radius 3 is 2.14 bits per heavy atom. The summed E-state index contributed by atoms with van der Waals surface area (Å²) in [5.74, 6) is 1.36. The third-order valence-corrected chi connectivity index (χ3v) is 11.3. The summed E-state index contributed by atoms with van der Waals surface area (Å²) in [6, 6.07) is 43.1. The molecule has 0 saturated heterocycles. The normalized spacial score (nSPS) is 19.9. The molecule has 0 N–H and O–H groups in total. The third kappa shape index (κ3) is 4.69. The van der Waals surface area contributed by atoms with Crippen molar-refractivity contribution in [1.82, 2.24) is 4.57 Å². The van der Waals surface area contributed by atoms with Crippen LogP contribution in [0.15, 0.2) is 146 Å². The maximum Gasteiger partial charge on any atom is 0.0537 e. The van der Waals surface area contributed by atoms with Gasteiger partial charge in [0, 0.05) is 56.6 Å². The largest absolute Gasteiger partial charge is 0.313 e. The Hall–Kier alpha value is -5.34. The van der Waals surface area contributed by atoms with Crippen molar-refractivity contribution in [2.24, 2.45) is 5.92 Å². The van der Waals surface area contributed by atoms with Gasteiger partial charge in [-0.3, -0.25) is 0 Å². The highest BCUT2D eigenvalue weighted by molar-refractivity contribution is 5.94. The van der Waals surface area contributed by atoms with Gasteiger partial charge in [-0.05, 0) is 94.8 Å². The topological polar surface area (TPSA) is 8.17 Å². The maximum absolute atomic E-state index is 2.53. The van der Waals surface area contributed by atoms with Gasteiger partial charge in [0.1, 0.15) is 0 Å². The minimum atomic E-state index is -0.158. The van der Waals surface area contributed by atoms with Gasteiger partial charge in [-0.15, -0.1) is 0 Å². The molecular formula is C47H42N2. The number of hydrogen-bond acceptors (Lipinski definition) is 1. The highest BCUT2D eigenvalue weighted by atomic mass is 15.1. The number of fused-ring (bicyclic) bond motifs is 6. The molecule has 0 bridgehead atoms. The lowest BCUT2D eigenvalue weighted by molar-refractivity contribution is 0.635. The first-order chi connectivity index (χ1) is 23.9. The van der Waals surface area contributed by atoms with Gasteiger partial charge in [0.05, 0.1) is 5.52 Å². The van der Waals surface area contributed by atoms with E-state index in [1.165, 1.54) is 67.0 Å². The molecule has 3 aliphatic rings. The van der Waals surface area contributed by atoms with E-state index in [0.717, 1.165) is 12.1 Å². The zero-order valence-corrected chi connectivity index (χ0v) is 28.8. The summed E-state index contributed by atoms with van der Waals surface area (Å²) in [6.07, 6.45) is 14.7. The minimum Gasteiger partial charge on any atom is -0.313 e. The van der Waals surface area contributed by atoms with Gasteiger partial charge in [-0.2, -0.15) is 0 Å². The number of para-hydroxylation sites is 2. The van der Waals surface area contributed by atoms with E-state index in [1.54, 1.807) is 0 Å². The standard InChI is InChI=1S/C47H42N2/c1-31-13-8-9-17-38(31)33-21-23-35(24-22-33)48(34-15-6-5-7-16-34)36-25-27-39-40-28-26-37(30-44(40)47(3,4)43(39)29-36)49-45-20-11-10-18-41(45)42-19-12-14-32(2)46(42)49/h5-13,15-32,38H,14H2,1-4H3. The Balaban J connectivity index is 1.13. The number of rotatable bonds is 5. The molecule has 2 nitrogen and oxygen atoms in total. The first kappa shape index (κ1) is 29.8. The molecule has 0 amide bonds. The van der Waals surface area contributed by atoms with Crippen LogP contribution in [0, 0.1) is 5.92 Å². The Labute approximate surface area is 290 Å². The van der Waals surface area contributed by atoms with E-state index in [-0.39, 0.29) is 5.41 Å². The third-order valence-electron chi connectivity index (χ3n) is 11.3. The van der Waals surface area contributed by atoms with Crippen molar-refractivity contribution < 1.29 is 0 Å². The van der Waals surface area contributed by atoms with Crippen LogP contribution in [-0.4, -0.2) is 4.57 Å². The van der Waals surface area contributed by atoms with Crippen LogP contribution in [0.5, 0.6) is 0 Å². The van der Waals surface area contributed by atoms with E-state index in [2.05, 4.69) is 189 Å². The van der Waals surface area contributed by atoms with E-state index in [0.29, 0.717) is 17.8 Å². The lowest BCUT2D eigenvalue weighted by Gasteiger charge is -2.29. The van der Waals surface area contributed by atoms with Crippen LogP contribution >= 0.6 is 0 Å². The molecule has 3 atom stereocenters. The summed E-state index contributed by atoms with van der Waals surface area (Å²) in [5, 5.41) is 1.34. The first-order valence-corrected chi connectivity index (χ1v) is 17.8. The fourth-order valence-corrected chi connectivity index (χ4v) is 8.72. The fraction of sp³-hybridized carbons (Fsp3) is 0.191. The molecule has 6 aromatic rings. The van der Waals surface area contributed by atoms with Crippen molar-refractivity contribution in [2.75, 3.05) is 4.90 Å². The lowest BCUT2D eigenvalue weighted by Crippen LogP contribution is -2.17. The van der Waals surface area contributed by atoms with Crippen LogP contribution in [0.2, 0.25) is 0 Å². The van der Waals surface area contributed by atoms with Gasteiger partial charge in [0.15, 0.2) is 0 Å². The van der Waals surface area contributed by atoms with Crippen molar-refractivity contribution in [1.29, 1.82) is 0 Å². The molecular weight excluding hydrogens is 593 g/mol. The number of benzene rings is 5. The number of allylic oxidation sites excluding steroid dienone is 5. The van der Waals surface area contributed by atoms with E-state index in [1.807, 2.05) is 0 Å². The summed E-state index contributed by atoms with van der Waals surface area (Å²) >= 11 is 0. The van der Waals surface area contributed by atoms with Crippen LogP contribution in [0.4, 0.5) is 17.1 Å². The molecule has 3 aliphatic carbocycles. The first-order valence-electron chi connectivity index (χ1n) is 17.8.